The first-order chi connectivity index (χ1) is 5.74. The van der Waals surface area contributed by atoms with Crippen molar-refractivity contribution in [1.29, 1.82) is 0 Å². The van der Waals surface area contributed by atoms with Gasteiger partial charge in [-0.3, -0.25) is 0 Å². The monoisotopic (exact) mass is 240 g/mol. The summed E-state index contributed by atoms with van der Waals surface area (Å²) >= 11 is 0. The van der Waals surface area contributed by atoms with Gasteiger partial charge in [0.15, 0.2) is 0 Å². The molecule has 0 amide bonds. The summed E-state index contributed by atoms with van der Waals surface area (Å²) in [5, 5.41) is 0. The molecule has 0 radical (unpaired) electrons. The number of rotatable bonds is 4. The molecule has 0 heterocycles. The molecule has 0 saturated heterocycles. The summed E-state index contributed by atoms with van der Waals surface area (Å²) in [7, 11) is -1.14. The Bertz CT molecular complexity index is 160. The molecule has 0 saturated carbocycles. The third kappa shape index (κ3) is 7.17. The van der Waals surface area contributed by atoms with Gasteiger partial charge in [-0.2, -0.15) is 6.42 Å². The number of hydrogen-bond acceptors (Lipinski definition) is 0. The molecule has 14 heavy (non-hydrogen) atoms. The van der Waals surface area contributed by atoms with Gasteiger partial charge in [0.1, 0.15) is 8.07 Å². The Morgan fingerprint density at radius 2 is 1.50 bits per heavy atom. The molecular weight excluding hydrogens is 220 g/mol. The van der Waals surface area contributed by atoms with E-state index in [0.717, 1.165) is 12.8 Å². The van der Waals surface area contributed by atoms with Crippen molar-refractivity contribution >= 4 is 31.1 Å². The van der Waals surface area contributed by atoms with Gasteiger partial charge < -0.3 is 19.3 Å². The van der Waals surface area contributed by atoms with Gasteiger partial charge in [-0.25, -0.2) is 0 Å². The Morgan fingerprint density at radius 1 is 1.07 bits per heavy atom. The molecule has 0 N–H and O–H groups in total. The maximum atomic E-state index is 3.80. The summed E-state index contributed by atoms with van der Waals surface area (Å²) in [6.07, 6.45) is 1.93. The Labute approximate surface area is 113 Å². The van der Waals surface area contributed by atoms with Crippen LogP contribution in [-0.4, -0.2) is 31.1 Å². The minimum absolute atomic E-state index is 0. The van der Waals surface area contributed by atoms with Crippen LogP contribution in [0.25, 0.3) is 0 Å². The zero-order valence-corrected chi connectivity index (χ0v) is 13.0. The predicted molar refractivity (Wildman–Crippen MR) is 65.3 cm³/mol. The summed E-state index contributed by atoms with van der Waals surface area (Å²) in [4.78, 5) is 0. The summed E-state index contributed by atoms with van der Waals surface area (Å²) in [5.41, 5.74) is 3.53. The summed E-state index contributed by atoms with van der Waals surface area (Å²) < 4.78 is 0. The molecule has 0 unspecified atom stereocenters. The van der Waals surface area contributed by atoms with Crippen molar-refractivity contribution in [2.75, 3.05) is 0 Å². The van der Waals surface area contributed by atoms with E-state index < -0.39 is 8.07 Å². The van der Waals surface area contributed by atoms with E-state index in [1.54, 1.807) is 0 Å². The van der Waals surface area contributed by atoms with Crippen LogP contribution >= 0.6 is 0 Å². The van der Waals surface area contributed by atoms with Crippen molar-refractivity contribution in [1.82, 2.24) is 0 Å². The quantitative estimate of drug-likeness (QED) is 0.376. The van der Waals surface area contributed by atoms with Crippen LogP contribution < -0.4 is 12.4 Å². The predicted octanol–water partition coefficient (Wildman–Crippen LogP) is 0.275. The summed E-state index contributed by atoms with van der Waals surface area (Å²) in [5.74, 6) is 3.28. The Balaban J connectivity index is -0.000000605. The molecule has 78 valence electrons. The smallest absolute Gasteiger partial charge is 1.00 e. The van der Waals surface area contributed by atoms with Crippen LogP contribution in [0.2, 0.25) is 18.1 Å². The van der Waals surface area contributed by atoms with E-state index in [2.05, 4.69) is 39.2 Å². The van der Waals surface area contributed by atoms with Crippen LogP contribution in [0, 0.1) is 18.4 Å². The molecule has 0 aliphatic heterocycles. The van der Waals surface area contributed by atoms with Gasteiger partial charge in [-0.15, -0.1) is 11.5 Å². The average Bonchev–Trinajstić information content (AvgIpc) is 2.14. The van der Waals surface area contributed by atoms with Gasteiger partial charge in [-0.1, -0.05) is 20.8 Å². The first-order valence-electron chi connectivity index (χ1n) is 5.04. The van der Waals surface area contributed by atoms with Crippen molar-refractivity contribution in [3.63, 3.8) is 0 Å². The fourth-order valence-electron chi connectivity index (χ4n) is 1.35. The molecule has 0 aromatic carbocycles. The van der Waals surface area contributed by atoms with Crippen LogP contribution in [0.3, 0.4) is 0 Å². The summed E-state index contributed by atoms with van der Waals surface area (Å²) in [6.45, 7) is 10.7. The van der Waals surface area contributed by atoms with Crippen molar-refractivity contribution in [2.45, 2.75) is 51.7 Å². The van der Waals surface area contributed by atoms with Crippen molar-refractivity contribution in [3.8, 4) is 11.5 Å². The van der Waals surface area contributed by atoms with E-state index in [-0.39, 0.29) is 35.5 Å². The molecule has 0 rings (SSSR count). The third-order valence-corrected chi connectivity index (χ3v) is 7.45. The van der Waals surface area contributed by atoms with E-state index in [9.17, 15) is 0 Å². The van der Waals surface area contributed by atoms with Crippen LogP contribution in [0.5, 0.6) is 0 Å². The fraction of sp³-hybridized carbons (Fsp3) is 0.727. The van der Waals surface area contributed by atoms with Crippen LogP contribution in [0.15, 0.2) is 0 Å². The first-order valence-corrected chi connectivity index (χ1v) is 7.66. The topological polar surface area (TPSA) is 0 Å². The second-order valence-electron chi connectivity index (χ2n) is 3.25. The van der Waals surface area contributed by atoms with E-state index in [0.29, 0.717) is 0 Å². The van der Waals surface area contributed by atoms with E-state index in [1.807, 2.05) is 0 Å². The van der Waals surface area contributed by atoms with Gasteiger partial charge in [0, 0.05) is 0 Å². The minimum atomic E-state index is -1.14. The van der Waals surface area contributed by atoms with Crippen molar-refractivity contribution in [3.05, 3.63) is 6.92 Å². The van der Waals surface area contributed by atoms with Gasteiger partial charge in [0.05, 0.1) is 0 Å². The Morgan fingerprint density at radius 3 is 1.79 bits per heavy atom. The van der Waals surface area contributed by atoms with E-state index in [1.165, 1.54) is 18.1 Å². The molecule has 0 nitrogen and oxygen atoms in total. The molecule has 0 bridgehead atoms. The fourth-order valence-corrected chi connectivity index (χ4v) is 3.88. The third-order valence-electron chi connectivity index (χ3n) is 2.69. The maximum absolute atomic E-state index is 3.80. The zero-order valence-electron chi connectivity index (χ0n) is 9.83. The van der Waals surface area contributed by atoms with Crippen LogP contribution in [0.4, 0.5) is 0 Å². The largest absolute Gasteiger partial charge is 2.00 e. The molecule has 0 spiro atoms. The molecule has 0 atom stereocenters. The molecule has 0 aliphatic carbocycles. The van der Waals surface area contributed by atoms with E-state index in [4.69, 9.17) is 0 Å². The number of unbranched alkanes of at least 4 members (excludes halogenated alkanes) is 1. The van der Waals surface area contributed by atoms with Crippen LogP contribution in [0.1, 0.15) is 33.6 Å². The number of halogens is 1. The van der Waals surface area contributed by atoms with Crippen molar-refractivity contribution < 1.29 is 12.4 Å². The van der Waals surface area contributed by atoms with E-state index >= 15 is 0 Å². The van der Waals surface area contributed by atoms with Gasteiger partial charge in [-0.05, 0) is 24.6 Å². The molecular formula is C11H21ClMgSi. The zero-order chi connectivity index (χ0) is 9.45. The normalized spacial score (nSPS) is 9.14. The van der Waals surface area contributed by atoms with Gasteiger partial charge in [0.2, 0.25) is 0 Å². The van der Waals surface area contributed by atoms with Crippen LogP contribution in [-0.2, 0) is 0 Å². The Hall–Kier alpha value is 0.833. The molecule has 0 aliphatic rings. The SMILES string of the molecule is [CH2-]CCC#C[Si](CC)(CC)CC.[Cl-].[Mg+2]. The van der Waals surface area contributed by atoms with Crippen molar-refractivity contribution in [2.24, 2.45) is 0 Å². The molecule has 0 aromatic rings. The second kappa shape index (κ2) is 11.9. The molecule has 0 aromatic heterocycles. The standard InChI is InChI=1S/C11H21Si.ClH.Mg/c1-5-9-10-11-12(6-2,7-3)8-4;;/h1,5-9H2,2-4H3;1H;/q-1;;+2/p-1. The molecule has 3 heteroatoms. The van der Waals surface area contributed by atoms with Gasteiger partial charge >= 0.3 is 23.1 Å². The second-order valence-corrected chi connectivity index (χ2v) is 8.18. The first kappa shape index (κ1) is 20.3. The average molecular weight is 241 g/mol. The maximum Gasteiger partial charge on any atom is 2.00 e. The molecule has 0 fully saturated rings. The summed E-state index contributed by atoms with van der Waals surface area (Å²) in [6, 6.07) is 3.93. The number of hydrogen-bond donors (Lipinski definition) is 0. The Kier molecular flexibility index (Phi) is 17.2. The minimum Gasteiger partial charge on any atom is -1.00 e. The van der Waals surface area contributed by atoms with Gasteiger partial charge in [0.25, 0.3) is 0 Å².